The quantitative estimate of drug-likeness (QED) is 0.407. The van der Waals surface area contributed by atoms with Gasteiger partial charge in [-0.3, -0.25) is 0 Å². The third-order valence-electron chi connectivity index (χ3n) is 7.36. The number of methoxy groups -OCH3 is 2. The highest BCUT2D eigenvalue weighted by Gasteiger charge is 2.42. The lowest BCUT2D eigenvalue weighted by Gasteiger charge is -2.39. The average Bonchev–Trinajstić information content (AvgIpc) is 3.06. The molecule has 1 N–H and O–H groups in total. The molecule has 3 aromatic rings. The van der Waals surface area contributed by atoms with Crippen molar-refractivity contribution in [1.82, 2.24) is 25.1 Å². The summed E-state index contributed by atoms with van der Waals surface area (Å²) in [6.45, 7) is 4.18. The van der Waals surface area contributed by atoms with Gasteiger partial charge in [0.25, 0.3) is 11.8 Å². The maximum atomic E-state index is 15.8. The summed E-state index contributed by atoms with van der Waals surface area (Å²) in [5.74, 6) is 1.27. The van der Waals surface area contributed by atoms with Crippen LogP contribution >= 0.6 is 0 Å². The van der Waals surface area contributed by atoms with Gasteiger partial charge in [0.15, 0.2) is 11.6 Å². The summed E-state index contributed by atoms with van der Waals surface area (Å²) in [5, 5.41) is 19.3. The van der Waals surface area contributed by atoms with Gasteiger partial charge in [-0.25, -0.2) is 19.3 Å². The highest BCUT2D eigenvalue weighted by molar-refractivity contribution is 5.71. The van der Waals surface area contributed by atoms with Crippen LogP contribution in [0.25, 0.3) is 22.6 Å². The smallest absolute Gasteiger partial charge is 0.278 e. The van der Waals surface area contributed by atoms with Crippen molar-refractivity contribution in [3.63, 3.8) is 0 Å². The van der Waals surface area contributed by atoms with Gasteiger partial charge in [0.1, 0.15) is 11.9 Å². The molecule has 1 aromatic carbocycles. The van der Waals surface area contributed by atoms with E-state index in [0.717, 1.165) is 38.5 Å². The molecule has 1 aliphatic rings. The Balaban J connectivity index is 1.55. The van der Waals surface area contributed by atoms with E-state index in [1.54, 1.807) is 24.4 Å². The predicted octanol–water partition coefficient (Wildman–Crippen LogP) is 5.24. The molecular weight excluding hydrogens is 475 g/mol. The Morgan fingerprint density at radius 1 is 1.11 bits per heavy atom. The molecule has 0 radical (unpaired) electrons. The van der Waals surface area contributed by atoms with Crippen LogP contribution in [0.2, 0.25) is 0 Å². The van der Waals surface area contributed by atoms with Crippen LogP contribution in [0.1, 0.15) is 52.4 Å². The van der Waals surface area contributed by atoms with Crippen LogP contribution in [-0.4, -0.2) is 63.7 Å². The first-order valence-electron chi connectivity index (χ1n) is 12.7. The van der Waals surface area contributed by atoms with Crippen molar-refractivity contribution in [2.75, 3.05) is 26.2 Å². The number of ether oxygens (including phenoxy) is 2. The second kappa shape index (κ2) is 11.2. The van der Waals surface area contributed by atoms with E-state index in [4.69, 9.17) is 9.47 Å². The first-order chi connectivity index (χ1) is 17.8. The maximum absolute atomic E-state index is 15.8. The summed E-state index contributed by atoms with van der Waals surface area (Å²) < 4.78 is 26.1. The second-order valence-corrected chi connectivity index (χ2v) is 9.88. The van der Waals surface area contributed by atoms with Gasteiger partial charge in [-0.2, -0.15) is 0 Å². The van der Waals surface area contributed by atoms with Crippen molar-refractivity contribution >= 4 is 5.82 Å². The fourth-order valence-electron chi connectivity index (χ4n) is 5.23. The number of aromatic hydroxyl groups is 1. The Bertz CT molecular complexity index is 1210. The number of hydrogen-bond acceptors (Lipinski definition) is 9. The van der Waals surface area contributed by atoms with E-state index in [0.29, 0.717) is 22.6 Å². The largest absolute Gasteiger partial charge is 0.507 e. The summed E-state index contributed by atoms with van der Waals surface area (Å²) in [7, 11) is 4.83. The summed E-state index contributed by atoms with van der Waals surface area (Å²) >= 11 is 0. The summed E-state index contributed by atoms with van der Waals surface area (Å²) in [4.78, 5) is 14.9. The molecule has 1 fully saturated rings. The molecule has 4 rings (SSSR count). The molecule has 198 valence electrons. The highest BCUT2D eigenvalue weighted by atomic mass is 19.1. The molecule has 0 amide bonds. The van der Waals surface area contributed by atoms with Gasteiger partial charge in [-0.1, -0.05) is 39.2 Å². The number of hydrogen-bond donors (Lipinski definition) is 1. The first-order valence-corrected chi connectivity index (χ1v) is 12.7. The molecule has 2 aromatic heterocycles. The van der Waals surface area contributed by atoms with Crippen LogP contribution in [0.4, 0.5) is 10.2 Å². The molecule has 37 heavy (non-hydrogen) atoms. The SMILES string of the molecule is CCC[C@]1(C)CCCC[C@H](N(C)c2cnc(-c3ccc(-c4cnc(OC)c(OC)n4)cc3O)nn2)[C@@H]1F. The Morgan fingerprint density at radius 3 is 2.54 bits per heavy atom. The molecule has 0 saturated heterocycles. The van der Waals surface area contributed by atoms with Crippen molar-refractivity contribution in [3.8, 4) is 40.2 Å². The number of benzene rings is 1. The number of anilines is 1. The number of phenolic OH excluding ortho intramolecular Hbond substituents is 1. The normalized spacial score (nSPS) is 21.8. The lowest BCUT2D eigenvalue weighted by Crippen LogP contribution is -2.46. The van der Waals surface area contributed by atoms with Crippen LogP contribution in [-0.2, 0) is 0 Å². The molecule has 1 saturated carbocycles. The lowest BCUT2D eigenvalue weighted by molar-refractivity contribution is 0.0868. The topological polar surface area (TPSA) is 106 Å². The fraction of sp³-hybridized carbons (Fsp3) is 0.519. The molecule has 3 atom stereocenters. The molecule has 9 nitrogen and oxygen atoms in total. The van der Waals surface area contributed by atoms with Gasteiger partial charge >= 0.3 is 0 Å². The Labute approximate surface area is 217 Å². The van der Waals surface area contributed by atoms with E-state index in [9.17, 15) is 5.11 Å². The van der Waals surface area contributed by atoms with Gasteiger partial charge in [-0.05, 0) is 31.4 Å². The predicted molar refractivity (Wildman–Crippen MR) is 140 cm³/mol. The third-order valence-corrected chi connectivity index (χ3v) is 7.36. The van der Waals surface area contributed by atoms with Crippen LogP contribution in [0.15, 0.2) is 30.6 Å². The van der Waals surface area contributed by atoms with Gasteiger partial charge in [0.2, 0.25) is 0 Å². The van der Waals surface area contributed by atoms with Crippen molar-refractivity contribution in [1.29, 1.82) is 0 Å². The van der Waals surface area contributed by atoms with Crippen molar-refractivity contribution in [2.45, 2.75) is 64.6 Å². The van der Waals surface area contributed by atoms with E-state index >= 15 is 4.39 Å². The maximum Gasteiger partial charge on any atom is 0.278 e. The van der Waals surface area contributed by atoms with E-state index in [2.05, 4.69) is 39.0 Å². The van der Waals surface area contributed by atoms with E-state index in [1.807, 2.05) is 11.9 Å². The minimum absolute atomic E-state index is 0.0279. The van der Waals surface area contributed by atoms with Crippen LogP contribution in [0.5, 0.6) is 17.5 Å². The zero-order chi connectivity index (χ0) is 26.6. The second-order valence-electron chi connectivity index (χ2n) is 9.88. The number of halogens is 1. The number of phenols is 1. The summed E-state index contributed by atoms with van der Waals surface area (Å²) in [6, 6.07) is 4.75. The standard InChI is InChI=1S/C27H35FN6O3/c1-6-12-27(2)13-8-7-9-20(23(27)28)34(3)22-16-29-24(33-32-22)18-11-10-17(14-21(18)35)19-15-30-25(36-4)26(31-19)37-5/h10-11,14-16,20,23,35H,6-9,12-13H2,1-5H3/t20-,23-,27+/m0/s1. The Morgan fingerprint density at radius 2 is 1.89 bits per heavy atom. The van der Waals surface area contributed by atoms with E-state index < -0.39 is 6.17 Å². The fourth-order valence-corrected chi connectivity index (χ4v) is 5.23. The lowest BCUT2D eigenvalue weighted by atomic mass is 9.76. The van der Waals surface area contributed by atoms with Crippen molar-refractivity contribution in [3.05, 3.63) is 30.6 Å². The third kappa shape index (κ3) is 5.42. The molecule has 0 spiro atoms. The number of nitrogens with zero attached hydrogens (tertiary/aromatic N) is 6. The number of rotatable bonds is 8. The van der Waals surface area contributed by atoms with Crippen LogP contribution in [0, 0.1) is 5.41 Å². The molecule has 10 heteroatoms. The number of alkyl halides is 1. The molecular formula is C27H35FN6O3. The zero-order valence-electron chi connectivity index (χ0n) is 22.1. The molecule has 0 bridgehead atoms. The van der Waals surface area contributed by atoms with Crippen LogP contribution in [0.3, 0.4) is 0 Å². The van der Waals surface area contributed by atoms with Crippen molar-refractivity contribution in [2.24, 2.45) is 5.41 Å². The number of aromatic nitrogens is 5. The zero-order valence-corrected chi connectivity index (χ0v) is 22.1. The Kier molecular flexibility index (Phi) is 8.04. The molecule has 0 aliphatic heterocycles. The van der Waals surface area contributed by atoms with Crippen LogP contribution < -0.4 is 14.4 Å². The first kappa shape index (κ1) is 26.5. The highest BCUT2D eigenvalue weighted by Crippen LogP contribution is 2.42. The summed E-state index contributed by atoms with van der Waals surface area (Å²) in [6.07, 6.45) is 7.68. The van der Waals surface area contributed by atoms with E-state index in [-0.39, 0.29) is 34.8 Å². The van der Waals surface area contributed by atoms with Gasteiger partial charge < -0.3 is 19.5 Å². The average molecular weight is 511 g/mol. The summed E-state index contributed by atoms with van der Waals surface area (Å²) in [5.41, 5.74) is 1.23. The molecule has 1 aliphatic carbocycles. The molecule has 2 heterocycles. The van der Waals surface area contributed by atoms with E-state index in [1.165, 1.54) is 20.4 Å². The Hall–Kier alpha value is -3.56. The minimum Gasteiger partial charge on any atom is -0.507 e. The monoisotopic (exact) mass is 510 g/mol. The van der Waals surface area contributed by atoms with Gasteiger partial charge in [-0.15, -0.1) is 10.2 Å². The van der Waals surface area contributed by atoms with Gasteiger partial charge in [0, 0.05) is 18.0 Å². The van der Waals surface area contributed by atoms with Crippen molar-refractivity contribution < 1.29 is 19.0 Å². The molecule has 0 unspecified atom stereocenters. The minimum atomic E-state index is -0.960. The van der Waals surface area contributed by atoms with Gasteiger partial charge in [0.05, 0.1) is 43.9 Å².